The third kappa shape index (κ3) is 3.60. The van der Waals surface area contributed by atoms with Gasteiger partial charge in [0.25, 0.3) is 0 Å². The minimum absolute atomic E-state index is 0.0370. The number of aryl methyl sites for hydroxylation is 1. The minimum atomic E-state index is -0.353. The third-order valence-corrected chi connectivity index (χ3v) is 3.35. The van der Waals surface area contributed by atoms with Crippen LogP contribution in [0.4, 0.5) is 10.1 Å². The van der Waals surface area contributed by atoms with Gasteiger partial charge in [-0.2, -0.15) is 5.10 Å². The van der Waals surface area contributed by atoms with Crippen LogP contribution in [0.5, 0.6) is 0 Å². The van der Waals surface area contributed by atoms with E-state index < -0.39 is 0 Å². The molecule has 23 heavy (non-hydrogen) atoms. The Balaban J connectivity index is 1.66. The maximum absolute atomic E-state index is 13.5. The zero-order chi connectivity index (χ0) is 16.2. The van der Waals surface area contributed by atoms with E-state index in [0.717, 1.165) is 5.56 Å². The summed E-state index contributed by atoms with van der Waals surface area (Å²) in [5.74, 6) is 0.349. The van der Waals surface area contributed by atoms with Crippen LogP contribution in [-0.4, -0.2) is 21.1 Å². The summed E-state index contributed by atoms with van der Waals surface area (Å²) in [6.07, 6.45) is 0.0370. The molecule has 0 aliphatic heterocycles. The van der Waals surface area contributed by atoms with Crippen LogP contribution in [0.3, 0.4) is 0 Å². The van der Waals surface area contributed by atoms with E-state index in [4.69, 9.17) is 0 Å². The number of carbonyl (C=O) groups excluding carboxylic acids is 1. The number of halogens is 1. The Morgan fingerprint density at radius 3 is 2.74 bits per heavy atom. The molecule has 3 aromatic rings. The summed E-state index contributed by atoms with van der Waals surface area (Å²) >= 11 is 0. The second-order valence-corrected chi connectivity index (χ2v) is 5.16. The summed E-state index contributed by atoms with van der Waals surface area (Å²) in [4.78, 5) is 16.3. The molecule has 0 saturated carbocycles. The van der Waals surface area contributed by atoms with Crippen LogP contribution in [0.15, 0.2) is 48.5 Å². The minimum Gasteiger partial charge on any atom is -0.326 e. The first-order valence-electron chi connectivity index (χ1n) is 7.14. The largest absolute Gasteiger partial charge is 0.326 e. The van der Waals surface area contributed by atoms with Gasteiger partial charge in [-0.15, -0.1) is 0 Å². The topological polar surface area (TPSA) is 70.7 Å². The molecule has 0 fully saturated rings. The zero-order valence-electron chi connectivity index (χ0n) is 12.5. The fraction of sp³-hybridized carbons (Fsp3) is 0.118. The highest BCUT2D eigenvalue weighted by atomic mass is 19.1. The number of aromatic amines is 1. The fourth-order valence-electron chi connectivity index (χ4n) is 2.12. The molecular formula is C17H15FN4O. The van der Waals surface area contributed by atoms with Gasteiger partial charge in [0, 0.05) is 11.3 Å². The van der Waals surface area contributed by atoms with E-state index in [9.17, 15) is 9.18 Å². The number of benzene rings is 2. The number of amides is 1. The summed E-state index contributed by atoms with van der Waals surface area (Å²) in [5.41, 5.74) is 1.82. The van der Waals surface area contributed by atoms with Gasteiger partial charge in [0.1, 0.15) is 11.6 Å². The van der Waals surface area contributed by atoms with Crippen molar-refractivity contribution in [3.8, 4) is 11.4 Å². The second kappa shape index (κ2) is 6.39. The summed E-state index contributed by atoms with van der Waals surface area (Å²) in [7, 11) is 0. The Kier molecular flexibility index (Phi) is 4.14. The number of rotatable bonds is 4. The van der Waals surface area contributed by atoms with E-state index in [1.54, 1.807) is 19.1 Å². The van der Waals surface area contributed by atoms with Gasteiger partial charge in [-0.1, -0.05) is 36.4 Å². The number of nitrogens with one attached hydrogen (secondary N) is 2. The van der Waals surface area contributed by atoms with Gasteiger partial charge < -0.3 is 5.32 Å². The molecule has 0 aliphatic rings. The Morgan fingerprint density at radius 1 is 1.22 bits per heavy atom. The Bertz CT molecular complexity index is 830. The number of anilines is 1. The Hall–Kier alpha value is -3.02. The molecule has 1 amide bonds. The van der Waals surface area contributed by atoms with Crippen molar-refractivity contribution in [1.29, 1.82) is 0 Å². The predicted molar refractivity (Wildman–Crippen MR) is 85.3 cm³/mol. The Morgan fingerprint density at radius 2 is 2.00 bits per heavy atom. The quantitative estimate of drug-likeness (QED) is 0.778. The molecule has 2 aromatic carbocycles. The molecule has 116 valence electrons. The molecule has 5 nitrogen and oxygen atoms in total. The summed E-state index contributed by atoms with van der Waals surface area (Å²) in [5, 5.41) is 9.48. The standard InChI is InChI=1S/C17H15FN4O/c1-11-7-8-13(9-14(11)18)19-16(23)10-15-20-17(22-21-15)12-5-3-2-4-6-12/h2-9H,10H2,1H3,(H,19,23)(H,20,21,22). The monoisotopic (exact) mass is 310 g/mol. The molecule has 6 heteroatoms. The molecule has 2 N–H and O–H groups in total. The van der Waals surface area contributed by atoms with Crippen LogP contribution in [0.25, 0.3) is 11.4 Å². The molecule has 0 atom stereocenters. The Labute approximate surface area is 132 Å². The zero-order valence-corrected chi connectivity index (χ0v) is 12.5. The van der Waals surface area contributed by atoms with Crippen molar-refractivity contribution in [2.24, 2.45) is 0 Å². The van der Waals surface area contributed by atoms with E-state index in [1.807, 2.05) is 30.3 Å². The SMILES string of the molecule is Cc1ccc(NC(=O)Cc2nc(-c3ccccc3)n[nH]2)cc1F. The van der Waals surface area contributed by atoms with Gasteiger partial charge in [0.05, 0.1) is 6.42 Å². The van der Waals surface area contributed by atoms with Crippen molar-refractivity contribution < 1.29 is 9.18 Å². The smallest absolute Gasteiger partial charge is 0.232 e. The van der Waals surface area contributed by atoms with E-state index in [0.29, 0.717) is 22.9 Å². The maximum Gasteiger partial charge on any atom is 0.232 e. The molecule has 0 bridgehead atoms. The van der Waals surface area contributed by atoms with E-state index >= 15 is 0 Å². The van der Waals surface area contributed by atoms with Gasteiger partial charge in [0.15, 0.2) is 5.82 Å². The summed E-state index contributed by atoms with van der Waals surface area (Å²) < 4.78 is 13.5. The highest BCUT2D eigenvalue weighted by Gasteiger charge is 2.10. The molecule has 3 rings (SSSR count). The van der Waals surface area contributed by atoms with E-state index in [2.05, 4.69) is 20.5 Å². The average molecular weight is 310 g/mol. The number of nitrogens with zero attached hydrogens (tertiary/aromatic N) is 2. The van der Waals surface area contributed by atoms with Gasteiger partial charge in [-0.3, -0.25) is 9.89 Å². The van der Waals surface area contributed by atoms with Gasteiger partial charge in [-0.25, -0.2) is 9.37 Å². The highest BCUT2D eigenvalue weighted by molar-refractivity contribution is 5.91. The molecular weight excluding hydrogens is 295 g/mol. The van der Waals surface area contributed by atoms with Crippen LogP contribution in [-0.2, 0) is 11.2 Å². The second-order valence-electron chi connectivity index (χ2n) is 5.16. The first kappa shape index (κ1) is 14.9. The van der Waals surface area contributed by atoms with Crippen molar-refractivity contribution >= 4 is 11.6 Å². The highest BCUT2D eigenvalue weighted by Crippen LogP contribution is 2.15. The molecule has 1 heterocycles. The van der Waals surface area contributed by atoms with Crippen LogP contribution in [0, 0.1) is 12.7 Å². The van der Waals surface area contributed by atoms with Crippen LogP contribution >= 0.6 is 0 Å². The molecule has 0 saturated heterocycles. The lowest BCUT2D eigenvalue weighted by molar-refractivity contribution is -0.115. The van der Waals surface area contributed by atoms with Crippen LogP contribution in [0.2, 0.25) is 0 Å². The van der Waals surface area contributed by atoms with Gasteiger partial charge in [-0.05, 0) is 24.6 Å². The van der Waals surface area contributed by atoms with Crippen LogP contribution in [0.1, 0.15) is 11.4 Å². The molecule has 0 aliphatic carbocycles. The fourth-order valence-corrected chi connectivity index (χ4v) is 2.12. The molecule has 0 radical (unpaired) electrons. The van der Waals surface area contributed by atoms with Gasteiger partial charge >= 0.3 is 0 Å². The van der Waals surface area contributed by atoms with Gasteiger partial charge in [0.2, 0.25) is 5.91 Å². The van der Waals surface area contributed by atoms with Crippen molar-refractivity contribution in [2.75, 3.05) is 5.32 Å². The first-order chi connectivity index (χ1) is 11.1. The number of hydrogen-bond donors (Lipinski definition) is 2. The van der Waals surface area contributed by atoms with Crippen molar-refractivity contribution in [2.45, 2.75) is 13.3 Å². The van der Waals surface area contributed by atoms with Crippen molar-refractivity contribution in [3.63, 3.8) is 0 Å². The lowest BCUT2D eigenvalue weighted by Crippen LogP contribution is -2.15. The lowest BCUT2D eigenvalue weighted by atomic mass is 10.2. The summed E-state index contributed by atoms with van der Waals surface area (Å²) in [6.45, 7) is 1.67. The molecule has 0 unspecified atom stereocenters. The average Bonchev–Trinajstić information content (AvgIpc) is 3.00. The number of hydrogen-bond acceptors (Lipinski definition) is 3. The maximum atomic E-state index is 13.5. The number of aromatic nitrogens is 3. The normalized spacial score (nSPS) is 10.5. The van der Waals surface area contributed by atoms with E-state index in [-0.39, 0.29) is 18.1 Å². The molecule has 1 aromatic heterocycles. The first-order valence-corrected chi connectivity index (χ1v) is 7.14. The lowest BCUT2D eigenvalue weighted by Gasteiger charge is -2.05. The molecule has 0 spiro atoms. The number of H-pyrrole nitrogens is 1. The van der Waals surface area contributed by atoms with Crippen molar-refractivity contribution in [1.82, 2.24) is 15.2 Å². The van der Waals surface area contributed by atoms with E-state index in [1.165, 1.54) is 6.07 Å². The number of carbonyl (C=O) groups is 1. The predicted octanol–water partition coefficient (Wildman–Crippen LogP) is 3.10. The summed E-state index contributed by atoms with van der Waals surface area (Å²) in [6, 6.07) is 14.0. The van der Waals surface area contributed by atoms with Crippen molar-refractivity contribution in [3.05, 3.63) is 65.7 Å². The third-order valence-electron chi connectivity index (χ3n) is 3.35. The van der Waals surface area contributed by atoms with Crippen LogP contribution < -0.4 is 5.32 Å².